The van der Waals surface area contributed by atoms with Gasteiger partial charge < -0.3 is 18.9 Å². The van der Waals surface area contributed by atoms with Crippen molar-refractivity contribution in [2.24, 2.45) is 0 Å². The maximum absolute atomic E-state index is 13.1. The van der Waals surface area contributed by atoms with Crippen molar-refractivity contribution in [1.29, 1.82) is 0 Å². The normalized spacial score (nSPS) is 23.1. The summed E-state index contributed by atoms with van der Waals surface area (Å²) in [6.45, 7) is 9.52. The van der Waals surface area contributed by atoms with Gasteiger partial charge in [0.1, 0.15) is 0 Å². The summed E-state index contributed by atoms with van der Waals surface area (Å²) in [5.41, 5.74) is 0.617. The number of ether oxygens (including phenoxy) is 1. The highest BCUT2D eigenvalue weighted by Crippen LogP contribution is 2.36. The van der Waals surface area contributed by atoms with Crippen molar-refractivity contribution < 1.29 is 18.8 Å². The third kappa shape index (κ3) is 3.48. The fourth-order valence-electron chi connectivity index (χ4n) is 3.33. The predicted molar refractivity (Wildman–Crippen MR) is 98.1 cm³/mol. The highest BCUT2D eigenvalue weighted by atomic mass is 16.7. The number of rotatable bonds is 3. The van der Waals surface area contributed by atoms with E-state index in [1.165, 1.54) is 0 Å². The average Bonchev–Trinajstić information content (AvgIpc) is 2.82. The molecule has 3 rings (SSSR count). The van der Waals surface area contributed by atoms with E-state index in [9.17, 15) is 4.79 Å². The molecule has 0 aromatic heterocycles. The van der Waals surface area contributed by atoms with Gasteiger partial charge in [-0.25, -0.2) is 0 Å². The predicted octanol–water partition coefficient (Wildman–Crippen LogP) is 2.24. The van der Waals surface area contributed by atoms with E-state index in [0.717, 1.165) is 31.4 Å². The SMILES string of the molecule is COC1CCN(C(=O)c2ccccc2B2OC(C)(C)C(C)(C)O2)CC1. The van der Waals surface area contributed by atoms with Crippen LogP contribution in [0.2, 0.25) is 0 Å². The van der Waals surface area contributed by atoms with Crippen LogP contribution in [0.25, 0.3) is 0 Å². The zero-order valence-corrected chi connectivity index (χ0v) is 15.9. The van der Waals surface area contributed by atoms with Gasteiger partial charge >= 0.3 is 7.12 Å². The van der Waals surface area contributed by atoms with Gasteiger partial charge in [0.05, 0.1) is 17.3 Å². The Morgan fingerprint density at radius 3 is 2.24 bits per heavy atom. The van der Waals surface area contributed by atoms with Crippen LogP contribution >= 0.6 is 0 Å². The molecule has 25 heavy (non-hydrogen) atoms. The lowest BCUT2D eigenvalue weighted by Crippen LogP contribution is -2.45. The number of hydrogen-bond acceptors (Lipinski definition) is 4. The third-order valence-corrected chi connectivity index (χ3v) is 5.76. The topological polar surface area (TPSA) is 48.0 Å². The fourth-order valence-corrected chi connectivity index (χ4v) is 3.33. The maximum atomic E-state index is 13.1. The second-order valence-corrected chi connectivity index (χ2v) is 7.90. The Labute approximate surface area is 150 Å². The second kappa shape index (κ2) is 6.74. The lowest BCUT2D eigenvalue weighted by molar-refractivity contribution is 0.00578. The highest BCUT2D eigenvalue weighted by molar-refractivity contribution is 6.63. The van der Waals surface area contributed by atoms with Crippen LogP contribution < -0.4 is 5.46 Å². The molecule has 2 saturated heterocycles. The summed E-state index contributed by atoms with van der Waals surface area (Å²) in [7, 11) is 1.21. The van der Waals surface area contributed by atoms with Crippen LogP contribution in [-0.2, 0) is 14.0 Å². The van der Waals surface area contributed by atoms with Gasteiger partial charge in [-0.15, -0.1) is 0 Å². The van der Waals surface area contributed by atoms with E-state index in [1.807, 2.05) is 56.9 Å². The third-order valence-electron chi connectivity index (χ3n) is 5.76. The lowest BCUT2D eigenvalue weighted by Gasteiger charge is -2.32. The van der Waals surface area contributed by atoms with E-state index in [4.69, 9.17) is 14.0 Å². The molecule has 0 saturated carbocycles. The molecule has 2 heterocycles. The first-order valence-corrected chi connectivity index (χ1v) is 9.02. The number of amides is 1. The number of hydrogen-bond donors (Lipinski definition) is 0. The average molecular weight is 345 g/mol. The number of likely N-dealkylation sites (tertiary alicyclic amines) is 1. The number of carbonyl (C=O) groups is 1. The Hall–Kier alpha value is -1.37. The van der Waals surface area contributed by atoms with E-state index < -0.39 is 18.3 Å². The number of methoxy groups -OCH3 is 1. The Morgan fingerprint density at radius 1 is 1.12 bits per heavy atom. The molecule has 0 spiro atoms. The van der Waals surface area contributed by atoms with Crippen molar-refractivity contribution in [3.05, 3.63) is 29.8 Å². The Kier molecular flexibility index (Phi) is 4.97. The zero-order chi connectivity index (χ0) is 18.2. The minimum absolute atomic E-state index is 0.0415. The molecule has 0 radical (unpaired) electrons. The number of nitrogens with zero attached hydrogens (tertiary/aromatic N) is 1. The van der Waals surface area contributed by atoms with Gasteiger partial charge in [0, 0.05) is 25.8 Å². The Bertz CT molecular complexity index is 622. The molecule has 1 amide bonds. The first kappa shape index (κ1) is 18.4. The van der Waals surface area contributed by atoms with Gasteiger partial charge in [0.2, 0.25) is 0 Å². The summed E-state index contributed by atoms with van der Waals surface area (Å²) >= 11 is 0. The summed E-state index contributed by atoms with van der Waals surface area (Å²) in [6, 6.07) is 7.61. The van der Waals surface area contributed by atoms with E-state index in [2.05, 4.69) is 0 Å². The van der Waals surface area contributed by atoms with Crippen LogP contribution in [0.4, 0.5) is 0 Å². The summed E-state index contributed by atoms with van der Waals surface area (Å²) < 4.78 is 17.7. The van der Waals surface area contributed by atoms with Gasteiger partial charge in [-0.3, -0.25) is 4.79 Å². The highest BCUT2D eigenvalue weighted by Gasteiger charge is 2.52. The molecule has 5 nitrogen and oxygen atoms in total. The minimum atomic E-state index is -0.526. The van der Waals surface area contributed by atoms with Crippen LogP contribution in [-0.4, -0.2) is 55.4 Å². The quantitative estimate of drug-likeness (QED) is 0.789. The molecular formula is C19H28BNO4. The van der Waals surface area contributed by atoms with Crippen molar-refractivity contribution >= 4 is 18.5 Å². The maximum Gasteiger partial charge on any atom is 0.495 e. The molecule has 0 aliphatic carbocycles. The van der Waals surface area contributed by atoms with Crippen LogP contribution in [0.1, 0.15) is 50.9 Å². The molecule has 6 heteroatoms. The van der Waals surface area contributed by atoms with Gasteiger partial charge in [-0.2, -0.15) is 0 Å². The van der Waals surface area contributed by atoms with E-state index in [-0.39, 0.29) is 12.0 Å². The Balaban J connectivity index is 1.81. The molecule has 136 valence electrons. The summed E-state index contributed by atoms with van der Waals surface area (Å²) in [5.74, 6) is 0.0415. The van der Waals surface area contributed by atoms with Crippen LogP contribution in [0.15, 0.2) is 24.3 Å². The van der Waals surface area contributed by atoms with Crippen molar-refractivity contribution in [3.8, 4) is 0 Å². The van der Waals surface area contributed by atoms with Gasteiger partial charge in [0.15, 0.2) is 0 Å². The van der Waals surface area contributed by atoms with Crippen molar-refractivity contribution in [2.75, 3.05) is 20.2 Å². The van der Waals surface area contributed by atoms with Gasteiger partial charge in [-0.05, 0) is 52.1 Å². The largest absolute Gasteiger partial charge is 0.495 e. The van der Waals surface area contributed by atoms with Crippen LogP contribution in [0.3, 0.4) is 0 Å². The molecule has 1 aromatic rings. The standard InChI is InChI=1S/C19H28BNO4/c1-18(2)19(3,4)25-20(24-18)16-9-7-6-8-15(16)17(22)21-12-10-14(23-5)11-13-21/h6-9,14H,10-13H2,1-5H3. The van der Waals surface area contributed by atoms with Gasteiger partial charge in [-0.1, -0.05) is 18.2 Å². The molecule has 2 aliphatic heterocycles. The number of piperidine rings is 1. The monoisotopic (exact) mass is 345 g/mol. The summed E-state index contributed by atoms with van der Waals surface area (Å²) in [6.07, 6.45) is 2.00. The van der Waals surface area contributed by atoms with Crippen molar-refractivity contribution in [2.45, 2.75) is 57.8 Å². The second-order valence-electron chi connectivity index (χ2n) is 7.90. The minimum Gasteiger partial charge on any atom is -0.399 e. The molecule has 0 unspecified atom stereocenters. The summed E-state index contributed by atoms with van der Waals surface area (Å²) in [5, 5.41) is 0. The first-order valence-electron chi connectivity index (χ1n) is 9.02. The Morgan fingerprint density at radius 2 is 1.68 bits per heavy atom. The van der Waals surface area contributed by atoms with E-state index in [0.29, 0.717) is 5.56 Å². The van der Waals surface area contributed by atoms with E-state index in [1.54, 1.807) is 7.11 Å². The van der Waals surface area contributed by atoms with Crippen LogP contribution in [0, 0.1) is 0 Å². The van der Waals surface area contributed by atoms with Crippen molar-refractivity contribution in [3.63, 3.8) is 0 Å². The van der Waals surface area contributed by atoms with Gasteiger partial charge in [0.25, 0.3) is 5.91 Å². The number of carbonyl (C=O) groups excluding carboxylic acids is 1. The van der Waals surface area contributed by atoms with E-state index >= 15 is 0 Å². The molecule has 0 atom stereocenters. The molecule has 0 N–H and O–H groups in total. The molecule has 1 aromatic carbocycles. The summed E-state index contributed by atoms with van der Waals surface area (Å²) in [4.78, 5) is 15.0. The first-order chi connectivity index (χ1) is 11.7. The smallest absolute Gasteiger partial charge is 0.399 e. The zero-order valence-electron chi connectivity index (χ0n) is 15.9. The lowest BCUT2D eigenvalue weighted by atomic mass is 9.75. The number of benzene rings is 1. The molecular weight excluding hydrogens is 317 g/mol. The fraction of sp³-hybridized carbons (Fsp3) is 0.632. The molecule has 2 aliphatic rings. The molecule has 2 fully saturated rings. The molecule has 0 bridgehead atoms. The van der Waals surface area contributed by atoms with Crippen LogP contribution in [0.5, 0.6) is 0 Å². The van der Waals surface area contributed by atoms with Crippen molar-refractivity contribution in [1.82, 2.24) is 4.90 Å².